The molecule has 27 heavy (non-hydrogen) atoms. The van der Waals surface area contributed by atoms with Crippen molar-refractivity contribution in [3.63, 3.8) is 0 Å². The molecule has 0 bridgehead atoms. The van der Waals surface area contributed by atoms with E-state index in [4.69, 9.17) is 0 Å². The molecule has 0 saturated heterocycles. The molecule has 5 nitrogen and oxygen atoms in total. The van der Waals surface area contributed by atoms with Crippen molar-refractivity contribution >= 4 is 33.4 Å². The summed E-state index contributed by atoms with van der Waals surface area (Å²) in [7, 11) is -3.70. The minimum Gasteiger partial charge on any atom is -0.354 e. The summed E-state index contributed by atoms with van der Waals surface area (Å²) in [6.45, 7) is -0.0819. The molecule has 0 heterocycles. The lowest BCUT2D eigenvalue weighted by Crippen LogP contribution is -2.41. The highest BCUT2D eigenvalue weighted by molar-refractivity contribution is 7.98. The monoisotopic (exact) mass is 414 g/mol. The summed E-state index contributed by atoms with van der Waals surface area (Å²) < 4.78 is 51.3. The molecular formula is C18H20F2N2O3S2. The summed E-state index contributed by atoms with van der Waals surface area (Å²) in [6, 6.07) is 11.3. The fraction of sp³-hybridized carbons (Fsp3) is 0.278. The van der Waals surface area contributed by atoms with Crippen LogP contribution in [0.5, 0.6) is 0 Å². The predicted molar refractivity (Wildman–Crippen MR) is 104 cm³/mol. The quantitative estimate of drug-likeness (QED) is 0.641. The highest BCUT2D eigenvalue weighted by Crippen LogP contribution is 2.18. The summed E-state index contributed by atoms with van der Waals surface area (Å²) in [6.07, 6.45) is 0.980. The third-order valence-electron chi connectivity index (χ3n) is 3.59. The van der Waals surface area contributed by atoms with Crippen LogP contribution >= 0.6 is 11.8 Å². The second-order valence-corrected chi connectivity index (χ2v) is 8.75. The zero-order chi connectivity index (χ0) is 19.9. The number of benzene rings is 2. The number of amides is 1. The van der Waals surface area contributed by atoms with Crippen LogP contribution in [0.1, 0.15) is 5.56 Å². The van der Waals surface area contributed by atoms with Gasteiger partial charge in [-0.05, 0) is 35.9 Å². The third-order valence-corrected chi connectivity index (χ3v) is 5.73. The Labute approximate surface area is 161 Å². The molecule has 0 unspecified atom stereocenters. The number of rotatable bonds is 9. The second-order valence-electron chi connectivity index (χ2n) is 5.74. The summed E-state index contributed by atoms with van der Waals surface area (Å²) in [4.78, 5) is 12.1. The zero-order valence-corrected chi connectivity index (χ0v) is 16.3. The van der Waals surface area contributed by atoms with E-state index < -0.39 is 28.3 Å². The first kappa shape index (κ1) is 21.2. The minimum absolute atomic E-state index is 0.211. The van der Waals surface area contributed by atoms with Crippen molar-refractivity contribution in [2.24, 2.45) is 0 Å². The Kier molecular flexibility index (Phi) is 7.61. The van der Waals surface area contributed by atoms with Crippen LogP contribution in [-0.2, 0) is 20.6 Å². The molecule has 0 aliphatic carbocycles. The zero-order valence-electron chi connectivity index (χ0n) is 14.7. The van der Waals surface area contributed by atoms with E-state index in [0.29, 0.717) is 23.6 Å². The molecule has 0 atom stereocenters. The van der Waals surface area contributed by atoms with Gasteiger partial charge in [0.05, 0.1) is 11.9 Å². The van der Waals surface area contributed by atoms with Crippen LogP contribution in [-0.4, -0.2) is 39.4 Å². The molecule has 0 saturated carbocycles. The number of halogens is 2. The van der Waals surface area contributed by atoms with E-state index in [0.717, 1.165) is 22.7 Å². The van der Waals surface area contributed by atoms with Crippen molar-refractivity contribution < 1.29 is 22.0 Å². The van der Waals surface area contributed by atoms with Crippen LogP contribution in [0.15, 0.2) is 48.5 Å². The summed E-state index contributed by atoms with van der Waals surface area (Å²) >= 11 is 1.46. The van der Waals surface area contributed by atoms with E-state index >= 15 is 0 Å². The molecule has 0 radical (unpaired) electrons. The molecule has 0 fully saturated rings. The maximum atomic E-state index is 13.5. The first-order valence-electron chi connectivity index (χ1n) is 8.08. The highest BCUT2D eigenvalue weighted by atomic mass is 32.2. The van der Waals surface area contributed by atoms with Gasteiger partial charge in [0.25, 0.3) is 0 Å². The van der Waals surface area contributed by atoms with Gasteiger partial charge in [0.2, 0.25) is 15.9 Å². The van der Waals surface area contributed by atoms with Gasteiger partial charge in [0.15, 0.2) is 0 Å². The normalized spacial score (nSPS) is 11.2. The Morgan fingerprint density at radius 3 is 2.41 bits per heavy atom. The van der Waals surface area contributed by atoms with Crippen LogP contribution in [0.2, 0.25) is 0 Å². The topological polar surface area (TPSA) is 66.5 Å². The SMILES string of the molecule is CS(=O)(=O)N(CC(=O)NCCSCc1ccccc1F)c1ccc(F)cc1. The van der Waals surface area contributed by atoms with Crippen molar-refractivity contribution in [1.82, 2.24) is 5.32 Å². The largest absolute Gasteiger partial charge is 0.354 e. The summed E-state index contributed by atoms with van der Waals surface area (Å²) in [5.41, 5.74) is 0.802. The van der Waals surface area contributed by atoms with Gasteiger partial charge in [-0.15, -0.1) is 0 Å². The standard InChI is InChI=1S/C18H20F2N2O3S2/c1-27(24,25)22(16-8-6-15(19)7-9-16)12-18(23)21-10-11-26-13-14-4-2-3-5-17(14)20/h2-9H,10-13H2,1H3,(H,21,23). The van der Waals surface area contributed by atoms with Crippen molar-refractivity contribution in [2.75, 3.05) is 29.4 Å². The van der Waals surface area contributed by atoms with Gasteiger partial charge >= 0.3 is 0 Å². The number of anilines is 1. The highest BCUT2D eigenvalue weighted by Gasteiger charge is 2.20. The van der Waals surface area contributed by atoms with Gasteiger partial charge in [-0.1, -0.05) is 18.2 Å². The van der Waals surface area contributed by atoms with E-state index in [1.165, 1.54) is 30.0 Å². The number of nitrogens with one attached hydrogen (secondary N) is 1. The maximum absolute atomic E-state index is 13.5. The average Bonchev–Trinajstić information content (AvgIpc) is 2.61. The van der Waals surface area contributed by atoms with Gasteiger partial charge in [0, 0.05) is 18.1 Å². The van der Waals surface area contributed by atoms with Crippen LogP contribution in [0, 0.1) is 11.6 Å². The molecule has 1 amide bonds. The van der Waals surface area contributed by atoms with E-state index in [9.17, 15) is 22.0 Å². The lowest BCUT2D eigenvalue weighted by Gasteiger charge is -2.21. The van der Waals surface area contributed by atoms with Crippen LogP contribution < -0.4 is 9.62 Å². The van der Waals surface area contributed by atoms with E-state index in [-0.39, 0.29) is 11.5 Å². The average molecular weight is 414 g/mol. The van der Waals surface area contributed by atoms with Crippen LogP contribution in [0.25, 0.3) is 0 Å². The van der Waals surface area contributed by atoms with Crippen LogP contribution in [0.3, 0.4) is 0 Å². The molecular weight excluding hydrogens is 394 g/mol. The van der Waals surface area contributed by atoms with Crippen molar-refractivity contribution in [1.29, 1.82) is 0 Å². The lowest BCUT2D eigenvalue weighted by atomic mass is 10.2. The molecule has 0 spiro atoms. The number of hydrogen-bond donors (Lipinski definition) is 1. The predicted octanol–water partition coefficient (Wildman–Crippen LogP) is 2.78. The molecule has 0 aliphatic rings. The number of hydrogen-bond acceptors (Lipinski definition) is 4. The number of thioether (sulfide) groups is 1. The van der Waals surface area contributed by atoms with Gasteiger partial charge in [-0.25, -0.2) is 17.2 Å². The Bertz CT molecular complexity index is 874. The molecule has 146 valence electrons. The minimum atomic E-state index is -3.70. The second kappa shape index (κ2) is 9.70. The number of sulfonamides is 1. The molecule has 2 aromatic carbocycles. The van der Waals surface area contributed by atoms with Gasteiger partial charge in [-0.2, -0.15) is 11.8 Å². The van der Waals surface area contributed by atoms with Gasteiger partial charge in [0.1, 0.15) is 18.2 Å². The van der Waals surface area contributed by atoms with Crippen LogP contribution in [0.4, 0.5) is 14.5 Å². The number of carbonyl (C=O) groups is 1. The van der Waals surface area contributed by atoms with E-state index in [1.54, 1.807) is 18.2 Å². The molecule has 9 heteroatoms. The third kappa shape index (κ3) is 6.84. The fourth-order valence-electron chi connectivity index (χ4n) is 2.25. The molecule has 1 N–H and O–H groups in total. The Hall–Kier alpha value is -2.13. The smallest absolute Gasteiger partial charge is 0.240 e. The molecule has 0 aromatic heterocycles. The number of nitrogens with zero attached hydrogens (tertiary/aromatic N) is 1. The molecule has 2 aromatic rings. The Morgan fingerprint density at radius 2 is 1.78 bits per heavy atom. The first-order valence-corrected chi connectivity index (χ1v) is 11.1. The van der Waals surface area contributed by atoms with E-state index in [1.807, 2.05) is 0 Å². The van der Waals surface area contributed by atoms with Crippen molar-refractivity contribution in [2.45, 2.75) is 5.75 Å². The van der Waals surface area contributed by atoms with Gasteiger partial charge < -0.3 is 5.32 Å². The molecule has 0 aliphatic heterocycles. The van der Waals surface area contributed by atoms with Crippen molar-refractivity contribution in [3.05, 3.63) is 65.7 Å². The first-order chi connectivity index (χ1) is 12.8. The van der Waals surface area contributed by atoms with Gasteiger partial charge in [-0.3, -0.25) is 9.10 Å². The number of carbonyl (C=O) groups excluding carboxylic acids is 1. The Morgan fingerprint density at radius 1 is 1.11 bits per heavy atom. The van der Waals surface area contributed by atoms with E-state index in [2.05, 4.69) is 5.32 Å². The summed E-state index contributed by atoms with van der Waals surface area (Å²) in [5, 5.41) is 2.63. The fourth-order valence-corrected chi connectivity index (χ4v) is 3.96. The maximum Gasteiger partial charge on any atom is 0.240 e. The lowest BCUT2D eigenvalue weighted by molar-refractivity contribution is -0.119. The summed E-state index contributed by atoms with van der Waals surface area (Å²) in [5.74, 6) is -0.208. The Balaban J connectivity index is 1.82. The van der Waals surface area contributed by atoms with Crippen molar-refractivity contribution in [3.8, 4) is 0 Å². The molecule has 2 rings (SSSR count).